The Balaban J connectivity index is 1.37. The minimum Gasteiger partial charge on any atom is -0.310 e. The van der Waals surface area contributed by atoms with E-state index in [0.29, 0.717) is 41.0 Å². The monoisotopic (exact) mass is 452 g/mol. The third-order valence-corrected chi connectivity index (χ3v) is 8.10. The van der Waals surface area contributed by atoms with Crippen molar-refractivity contribution in [1.29, 1.82) is 0 Å². The van der Waals surface area contributed by atoms with Crippen LogP contribution in [0.1, 0.15) is 32.7 Å². The Hall–Kier alpha value is -3.27. The number of benzene rings is 1. The summed E-state index contributed by atoms with van der Waals surface area (Å²) in [4.78, 5) is 21.4. The Morgan fingerprint density at radius 2 is 1.72 bits per heavy atom. The SMILES string of the molecule is CC(C)n1cnnc1-c1cccc(N2CCN(c3ccc(S(=O)(=O)C4CC4)cc3)C2=O)n1. The Kier molecular flexibility index (Phi) is 4.96. The minimum absolute atomic E-state index is 0.182. The van der Waals surface area contributed by atoms with Crippen molar-refractivity contribution in [3.63, 3.8) is 0 Å². The van der Waals surface area contributed by atoms with Crippen molar-refractivity contribution < 1.29 is 13.2 Å². The predicted molar refractivity (Wildman–Crippen MR) is 120 cm³/mol. The van der Waals surface area contributed by atoms with Crippen LogP contribution in [0.15, 0.2) is 53.7 Å². The van der Waals surface area contributed by atoms with Crippen LogP contribution in [0.3, 0.4) is 0 Å². The molecule has 0 N–H and O–H groups in total. The molecule has 0 bridgehead atoms. The molecule has 3 heterocycles. The number of pyridine rings is 1. The van der Waals surface area contributed by atoms with E-state index in [9.17, 15) is 13.2 Å². The Labute approximate surface area is 186 Å². The molecule has 2 fully saturated rings. The summed E-state index contributed by atoms with van der Waals surface area (Å²) in [6.07, 6.45) is 3.12. The molecule has 0 atom stereocenters. The van der Waals surface area contributed by atoms with E-state index in [-0.39, 0.29) is 17.3 Å². The average molecular weight is 453 g/mol. The van der Waals surface area contributed by atoms with E-state index in [1.165, 1.54) is 0 Å². The smallest absolute Gasteiger partial charge is 0.310 e. The summed E-state index contributed by atoms with van der Waals surface area (Å²) in [6.45, 7) is 5.05. The van der Waals surface area contributed by atoms with Crippen LogP contribution in [0.25, 0.3) is 11.5 Å². The number of rotatable bonds is 6. The van der Waals surface area contributed by atoms with Gasteiger partial charge in [-0.05, 0) is 63.1 Å². The van der Waals surface area contributed by atoms with Gasteiger partial charge in [0.15, 0.2) is 15.7 Å². The Morgan fingerprint density at radius 3 is 2.41 bits per heavy atom. The van der Waals surface area contributed by atoms with Crippen LogP contribution in [0, 0.1) is 0 Å². The fourth-order valence-electron chi connectivity index (χ4n) is 3.88. The van der Waals surface area contributed by atoms with Crippen LogP contribution < -0.4 is 9.80 Å². The van der Waals surface area contributed by atoms with Gasteiger partial charge in [-0.3, -0.25) is 9.80 Å². The first-order valence-electron chi connectivity index (χ1n) is 10.7. The van der Waals surface area contributed by atoms with Gasteiger partial charge in [-0.1, -0.05) is 6.07 Å². The molecule has 9 nitrogen and oxygen atoms in total. The molecule has 0 spiro atoms. The number of aromatic nitrogens is 4. The molecule has 166 valence electrons. The highest BCUT2D eigenvalue weighted by atomic mass is 32.2. The summed E-state index contributed by atoms with van der Waals surface area (Å²) in [5.74, 6) is 1.19. The number of amides is 2. The third kappa shape index (κ3) is 3.54. The maximum absolute atomic E-state index is 13.1. The van der Waals surface area contributed by atoms with Crippen LogP contribution in [0.2, 0.25) is 0 Å². The minimum atomic E-state index is -3.25. The van der Waals surface area contributed by atoms with Gasteiger partial charge in [0.05, 0.1) is 10.1 Å². The van der Waals surface area contributed by atoms with Crippen LogP contribution >= 0.6 is 0 Å². The van der Waals surface area contributed by atoms with Crippen molar-refractivity contribution in [3.8, 4) is 11.5 Å². The molecule has 0 radical (unpaired) electrons. The molecule has 3 aromatic rings. The number of carbonyl (C=O) groups excluding carboxylic acids is 1. The molecule has 1 saturated carbocycles. The van der Waals surface area contributed by atoms with Crippen molar-refractivity contribution in [1.82, 2.24) is 19.7 Å². The lowest BCUT2D eigenvalue weighted by Crippen LogP contribution is -2.32. The van der Waals surface area contributed by atoms with E-state index in [1.807, 2.05) is 30.5 Å². The highest BCUT2D eigenvalue weighted by Crippen LogP contribution is 2.34. The summed E-state index contributed by atoms with van der Waals surface area (Å²) in [6, 6.07) is 12.1. The number of nitrogens with zero attached hydrogens (tertiary/aromatic N) is 6. The van der Waals surface area contributed by atoms with Crippen LogP contribution in [-0.4, -0.2) is 52.5 Å². The van der Waals surface area contributed by atoms with Gasteiger partial charge in [0.1, 0.15) is 17.8 Å². The first-order valence-corrected chi connectivity index (χ1v) is 12.2. The number of sulfone groups is 1. The number of anilines is 2. The predicted octanol–water partition coefficient (Wildman–Crippen LogP) is 3.30. The molecule has 0 unspecified atom stereocenters. The van der Waals surface area contributed by atoms with Gasteiger partial charge < -0.3 is 4.57 Å². The quantitative estimate of drug-likeness (QED) is 0.569. The lowest BCUT2D eigenvalue weighted by Gasteiger charge is -2.19. The molecule has 2 aliphatic rings. The van der Waals surface area contributed by atoms with Crippen molar-refractivity contribution >= 4 is 27.4 Å². The molecule has 1 aliphatic heterocycles. The molecule has 32 heavy (non-hydrogen) atoms. The van der Waals surface area contributed by atoms with Crippen LogP contribution in [0.5, 0.6) is 0 Å². The van der Waals surface area contributed by atoms with E-state index < -0.39 is 9.84 Å². The number of urea groups is 1. The first kappa shape index (κ1) is 20.6. The first-order chi connectivity index (χ1) is 15.4. The van der Waals surface area contributed by atoms with Gasteiger partial charge in [-0.2, -0.15) is 0 Å². The van der Waals surface area contributed by atoms with E-state index in [1.54, 1.807) is 46.5 Å². The van der Waals surface area contributed by atoms with E-state index in [2.05, 4.69) is 15.2 Å². The summed E-state index contributed by atoms with van der Waals surface area (Å²) in [5.41, 5.74) is 1.32. The molecular weight excluding hydrogens is 428 g/mol. The molecule has 2 amide bonds. The van der Waals surface area contributed by atoms with Gasteiger partial charge in [-0.15, -0.1) is 10.2 Å². The molecule has 10 heteroatoms. The maximum atomic E-state index is 13.1. The number of hydrogen-bond acceptors (Lipinski definition) is 6. The van der Waals surface area contributed by atoms with Crippen molar-refractivity contribution in [2.75, 3.05) is 22.9 Å². The highest BCUT2D eigenvalue weighted by Gasteiger charge is 2.37. The van der Waals surface area contributed by atoms with E-state index >= 15 is 0 Å². The fourth-order valence-corrected chi connectivity index (χ4v) is 5.53. The second-order valence-electron chi connectivity index (χ2n) is 8.36. The molecular formula is C22H24N6O3S. The summed E-state index contributed by atoms with van der Waals surface area (Å²) in [5, 5.41) is 7.93. The second kappa shape index (κ2) is 7.70. The van der Waals surface area contributed by atoms with E-state index in [0.717, 1.165) is 12.8 Å². The number of hydrogen-bond donors (Lipinski definition) is 0. The zero-order valence-corrected chi connectivity index (χ0v) is 18.7. The fraction of sp³-hybridized carbons (Fsp3) is 0.364. The van der Waals surface area contributed by atoms with E-state index in [4.69, 9.17) is 0 Å². The Bertz CT molecular complexity index is 1260. The Morgan fingerprint density at radius 1 is 1.00 bits per heavy atom. The van der Waals surface area contributed by atoms with Crippen molar-refractivity contribution in [3.05, 3.63) is 48.8 Å². The van der Waals surface area contributed by atoms with Gasteiger partial charge >= 0.3 is 6.03 Å². The third-order valence-electron chi connectivity index (χ3n) is 5.82. The summed E-state index contributed by atoms with van der Waals surface area (Å²) in [7, 11) is -3.25. The molecule has 5 rings (SSSR count). The zero-order valence-electron chi connectivity index (χ0n) is 17.9. The van der Waals surface area contributed by atoms with Crippen molar-refractivity contribution in [2.24, 2.45) is 0 Å². The average Bonchev–Trinajstić information content (AvgIpc) is 3.42. The molecule has 1 aliphatic carbocycles. The van der Waals surface area contributed by atoms with Gasteiger partial charge in [0.25, 0.3) is 0 Å². The van der Waals surface area contributed by atoms with Gasteiger partial charge in [-0.25, -0.2) is 18.2 Å². The van der Waals surface area contributed by atoms with Crippen LogP contribution in [-0.2, 0) is 9.84 Å². The summed E-state index contributed by atoms with van der Waals surface area (Å²) >= 11 is 0. The topological polar surface area (TPSA) is 101 Å². The van der Waals surface area contributed by atoms with Crippen molar-refractivity contribution in [2.45, 2.75) is 42.9 Å². The van der Waals surface area contributed by atoms with Gasteiger partial charge in [0, 0.05) is 24.8 Å². The lowest BCUT2D eigenvalue weighted by molar-refractivity contribution is 0.255. The normalized spacial score (nSPS) is 16.9. The highest BCUT2D eigenvalue weighted by molar-refractivity contribution is 7.92. The molecule has 1 saturated heterocycles. The van der Waals surface area contributed by atoms with Gasteiger partial charge in [0.2, 0.25) is 0 Å². The maximum Gasteiger partial charge on any atom is 0.330 e. The largest absolute Gasteiger partial charge is 0.330 e. The molecule has 1 aromatic carbocycles. The zero-order chi connectivity index (χ0) is 22.5. The van der Waals surface area contributed by atoms with Crippen LogP contribution in [0.4, 0.5) is 16.3 Å². The lowest BCUT2D eigenvalue weighted by atomic mass is 10.3. The molecule has 2 aromatic heterocycles. The second-order valence-corrected chi connectivity index (χ2v) is 10.6. The standard InChI is InChI=1S/C22H24N6O3S/c1-15(2)28-14-23-25-21(28)19-4-3-5-20(24-19)27-13-12-26(22(27)29)16-6-8-17(9-7-16)32(30,31)18-10-11-18/h3-9,14-15,18H,10-13H2,1-2H3. The summed E-state index contributed by atoms with van der Waals surface area (Å²) < 4.78 is 26.8. The number of carbonyl (C=O) groups is 1.